The summed E-state index contributed by atoms with van der Waals surface area (Å²) in [4.78, 5) is 0. The second kappa shape index (κ2) is 2.57. The summed E-state index contributed by atoms with van der Waals surface area (Å²) >= 11 is 0. The Morgan fingerprint density at radius 2 is 2.42 bits per heavy atom. The molecule has 1 heterocycles. The van der Waals surface area contributed by atoms with Crippen molar-refractivity contribution < 1.29 is 4.74 Å². The molecule has 0 saturated heterocycles. The third-order valence-electron chi connectivity index (χ3n) is 2.06. The Morgan fingerprint density at radius 3 is 3.17 bits per heavy atom. The van der Waals surface area contributed by atoms with Crippen molar-refractivity contribution in [2.45, 2.75) is 19.4 Å². The Bertz CT molecular complexity index is 347. The van der Waals surface area contributed by atoms with Gasteiger partial charge in [-0.2, -0.15) is 0 Å². The van der Waals surface area contributed by atoms with Gasteiger partial charge in [-0.15, -0.1) is 6.42 Å². The number of fused-ring (bicyclic) bond motifs is 1. The fourth-order valence-electron chi connectivity index (χ4n) is 1.51. The van der Waals surface area contributed by atoms with Crippen LogP contribution >= 0.6 is 0 Å². The van der Waals surface area contributed by atoms with E-state index in [1.807, 2.05) is 18.2 Å². The molecule has 1 nitrogen and oxygen atoms in total. The Kier molecular flexibility index (Phi) is 1.55. The van der Waals surface area contributed by atoms with E-state index in [-0.39, 0.29) is 0 Å². The molecular formula is C11H10O. The molecule has 60 valence electrons. The minimum absolute atomic E-state index is 0.299. The van der Waals surface area contributed by atoms with Gasteiger partial charge in [-0.3, -0.25) is 0 Å². The lowest BCUT2D eigenvalue weighted by molar-refractivity contribution is 0.254. The monoisotopic (exact) mass is 158 g/mol. The Hall–Kier alpha value is -1.42. The molecule has 1 heteroatoms. The molecule has 0 N–H and O–H groups in total. The predicted molar refractivity (Wildman–Crippen MR) is 48.2 cm³/mol. The van der Waals surface area contributed by atoms with Crippen LogP contribution in [-0.4, -0.2) is 6.10 Å². The highest BCUT2D eigenvalue weighted by Crippen LogP contribution is 2.28. The van der Waals surface area contributed by atoms with Crippen LogP contribution in [0.25, 0.3) is 0 Å². The molecule has 0 aliphatic carbocycles. The van der Waals surface area contributed by atoms with E-state index in [0.717, 1.165) is 17.7 Å². The summed E-state index contributed by atoms with van der Waals surface area (Å²) in [6.45, 7) is 2.07. The van der Waals surface area contributed by atoms with E-state index < -0.39 is 0 Å². The topological polar surface area (TPSA) is 9.23 Å². The maximum atomic E-state index is 5.54. The first-order chi connectivity index (χ1) is 5.79. The first-order valence-electron chi connectivity index (χ1n) is 4.06. The third-order valence-corrected chi connectivity index (χ3v) is 2.06. The molecule has 1 aromatic rings. The number of rotatable bonds is 0. The maximum Gasteiger partial charge on any atom is 0.123 e. The highest BCUT2D eigenvalue weighted by molar-refractivity contribution is 5.45. The molecule has 0 radical (unpaired) electrons. The van der Waals surface area contributed by atoms with E-state index >= 15 is 0 Å². The van der Waals surface area contributed by atoms with E-state index in [4.69, 9.17) is 11.2 Å². The molecule has 12 heavy (non-hydrogen) atoms. The molecule has 1 aliphatic rings. The fourth-order valence-corrected chi connectivity index (χ4v) is 1.51. The predicted octanol–water partition coefficient (Wildman–Crippen LogP) is 1.99. The van der Waals surface area contributed by atoms with Crippen molar-refractivity contribution in [1.29, 1.82) is 0 Å². The molecular weight excluding hydrogens is 148 g/mol. The van der Waals surface area contributed by atoms with Gasteiger partial charge in [-0.25, -0.2) is 0 Å². The Balaban J connectivity index is 2.44. The van der Waals surface area contributed by atoms with Gasteiger partial charge in [0.15, 0.2) is 0 Å². The summed E-state index contributed by atoms with van der Waals surface area (Å²) in [5.74, 6) is 3.60. The standard InChI is InChI=1S/C11H10O/c1-3-9-4-5-11-10(7-9)6-8(2)12-11/h1,4-5,7-8H,6H2,2H3. The van der Waals surface area contributed by atoms with Crippen molar-refractivity contribution in [3.8, 4) is 18.1 Å². The quantitative estimate of drug-likeness (QED) is 0.525. The maximum absolute atomic E-state index is 5.54. The van der Waals surface area contributed by atoms with Crippen LogP contribution in [0.4, 0.5) is 0 Å². The zero-order valence-electron chi connectivity index (χ0n) is 7.00. The van der Waals surface area contributed by atoms with Crippen LogP contribution < -0.4 is 4.74 Å². The molecule has 0 amide bonds. The molecule has 1 aliphatic heterocycles. The van der Waals surface area contributed by atoms with Gasteiger partial charge in [0.2, 0.25) is 0 Å². The van der Waals surface area contributed by atoms with Crippen LogP contribution in [-0.2, 0) is 6.42 Å². The van der Waals surface area contributed by atoms with Crippen LogP contribution in [0.1, 0.15) is 18.1 Å². The lowest BCUT2D eigenvalue weighted by atomic mass is 10.1. The van der Waals surface area contributed by atoms with Crippen molar-refractivity contribution in [3.05, 3.63) is 29.3 Å². The average molecular weight is 158 g/mol. The van der Waals surface area contributed by atoms with E-state index in [0.29, 0.717) is 6.10 Å². The van der Waals surface area contributed by atoms with E-state index in [1.54, 1.807) is 0 Å². The largest absolute Gasteiger partial charge is 0.490 e. The van der Waals surface area contributed by atoms with Crippen LogP contribution in [0.15, 0.2) is 18.2 Å². The van der Waals surface area contributed by atoms with Crippen LogP contribution in [0.2, 0.25) is 0 Å². The van der Waals surface area contributed by atoms with Gasteiger partial charge >= 0.3 is 0 Å². The summed E-state index contributed by atoms with van der Waals surface area (Å²) in [6.07, 6.45) is 6.56. The lowest BCUT2D eigenvalue weighted by Crippen LogP contribution is -2.05. The van der Waals surface area contributed by atoms with Crippen LogP contribution in [0, 0.1) is 12.3 Å². The number of ether oxygens (including phenoxy) is 1. The molecule has 0 fully saturated rings. The van der Waals surface area contributed by atoms with E-state index in [2.05, 4.69) is 12.8 Å². The second-order valence-corrected chi connectivity index (χ2v) is 3.10. The van der Waals surface area contributed by atoms with Gasteiger partial charge in [-0.05, 0) is 30.7 Å². The normalized spacial score (nSPS) is 19.5. The molecule has 0 spiro atoms. The molecule has 0 aromatic heterocycles. The third kappa shape index (κ3) is 1.06. The van der Waals surface area contributed by atoms with Crippen LogP contribution in [0.3, 0.4) is 0 Å². The Labute approximate surface area is 72.4 Å². The first kappa shape index (κ1) is 7.24. The number of hydrogen-bond donors (Lipinski definition) is 0. The van der Waals surface area contributed by atoms with Gasteiger partial charge in [0.25, 0.3) is 0 Å². The Morgan fingerprint density at radius 1 is 1.58 bits per heavy atom. The van der Waals surface area contributed by atoms with Gasteiger partial charge < -0.3 is 4.74 Å². The highest BCUT2D eigenvalue weighted by Gasteiger charge is 2.18. The van der Waals surface area contributed by atoms with Crippen molar-refractivity contribution in [2.24, 2.45) is 0 Å². The van der Waals surface area contributed by atoms with Gasteiger partial charge in [0.05, 0.1) is 0 Å². The molecule has 0 saturated carbocycles. The minimum atomic E-state index is 0.299. The van der Waals surface area contributed by atoms with E-state index in [1.165, 1.54) is 5.56 Å². The summed E-state index contributed by atoms with van der Waals surface area (Å²) in [5.41, 5.74) is 2.17. The number of hydrogen-bond acceptors (Lipinski definition) is 1. The summed E-state index contributed by atoms with van der Waals surface area (Å²) in [6, 6.07) is 5.89. The average Bonchev–Trinajstić information content (AvgIpc) is 2.43. The van der Waals surface area contributed by atoms with Crippen molar-refractivity contribution >= 4 is 0 Å². The molecule has 2 rings (SSSR count). The van der Waals surface area contributed by atoms with Crippen molar-refractivity contribution in [3.63, 3.8) is 0 Å². The first-order valence-corrected chi connectivity index (χ1v) is 4.06. The number of terminal acetylenes is 1. The number of benzene rings is 1. The molecule has 1 unspecified atom stereocenters. The highest BCUT2D eigenvalue weighted by atomic mass is 16.5. The SMILES string of the molecule is C#Cc1ccc2c(c1)CC(C)O2. The van der Waals surface area contributed by atoms with Gasteiger partial charge in [-0.1, -0.05) is 5.92 Å². The fraction of sp³-hybridized carbons (Fsp3) is 0.273. The van der Waals surface area contributed by atoms with Gasteiger partial charge in [0, 0.05) is 12.0 Å². The zero-order chi connectivity index (χ0) is 8.55. The van der Waals surface area contributed by atoms with E-state index in [9.17, 15) is 0 Å². The molecule has 1 atom stereocenters. The molecule has 1 aromatic carbocycles. The lowest BCUT2D eigenvalue weighted by Gasteiger charge is -2.01. The van der Waals surface area contributed by atoms with Crippen LogP contribution in [0.5, 0.6) is 5.75 Å². The smallest absolute Gasteiger partial charge is 0.123 e. The second-order valence-electron chi connectivity index (χ2n) is 3.10. The minimum Gasteiger partial charge on any atom is -0.490 e. The summed E-state index contributed by atoms with van der Waals surface area (Å²) in [7, 11) is 0. The summed E-state index contributed by atoms with van der Waals surface area (Å²) in [5, 5.41) is 0. The van der Waals surface area contributed by atoms with Crippen molar-refractivity contribution in [2.75, 3.05) is 0 Å². The molecule has 0 bridgehead atoms. The summed E-state index contributed by atoms with van der Waals surface area (Å²) < 4.78 is 5.54. The van der Waals surface area contributed by atoms with Gasteiger partial charge in [0.1, 0.15) is 11.9 Å². The van der Waals surface area contributed by atoms with Crippen molar-refractivity contribution in [1.82, 2.24) is 0 Å². The zero-order valence-corrected chi connectivity index (χ0v) is 7.00.